The first-order chi connectivity index (χ1) is 15.0. The van der Waals surface area contributed by atoms with Gasteiger partial charge in [-0.1, -0.05) is 31.4 Å². The SMILES string of the molecule is CC1(NC(=O)[C@@H]2CCCN2C(=O)CCc2nc3ccccc3[nH]2)CC2CCCC(C2)C1. The second kappa shape index (κ2) is 8.29. The third-order valence-electron chi connectivity index (χ3n) is 7.68. The summed E-state index contributed by atoms with van der Waals surface area (Å²) < 4.78 is 0. The predicted octanol–water partition coefficient (Wildman–Crippen LogP) is 3.96. The van der Waals surface area contributed by atoms with E-state index in [-0.39, 0.29) is 23.4 Å². The van der Waals surface area contributed by atoms with Crippen LogP contribution in [-0.2, 0) is 16.0 Å². The molecule has 2 unspecified atom stereocenters. The second-order valence-electron chi connectivity index (χ2n) is 10.3. The van der Waals surface area contributed by atoms with E-state index in [1.165, 1.54) is 25.7 Å². The molecule has 3 fully saturated rings. The smallest absolute Gasteiger partial charge is 0.243 e. The van der Waals surface area contributed by atoms with Crippen molar-refractivity contribution in [3.8, 4) is 0 Å². The number of aromatic amines is 1. The lowest BCUT2D eigenvalue weighted by Gasteiger charge is -2.46. The molecule has 1 saturated heterocycles. The third-order valence-corrected chi connectivity index (χ3v) is 7.68. The Balaban J connectivity index is 1.19. The highest BCUT2D eigenvalue weighted by Gasteiger charge is 2.42. The first-order valence-corrected chi connectivity index (χ1v) is 12.0. The van der Waals surface area contributed by atoms with Crippen LogP contribution < -0.4 is 5.32 Å². The maximum Gasteiger partial charge on any atom is 0.243 e. The van der Waals surface area contributed by atoms with Gasteiger partial charge in [0.05, 0.1) is 11.0 Å². The molecule has 2 aromatic rings. The van der Waals surface area contributed by atoms with E-state index in [0.29, 0.717) is 19.4 Å². The van der Waals surface area contributed by atoms with Gasteiger partial charge < -0.3 is 15.2 Å². The van der Waals surface area contributed by atoms with Crippen LogP contribution in [0.3, 0.4) is 0 Å². The molecule has 0 radical (unpaired) electrons. The van der Waals surface area contributed by atoms with E-state index in [4.69, 9.17) is 0 Å². The summed E-state index contributed by atoms with van der Waals surface area (Å²) >= 11 is 0. The van der Waals surface area contributed by atoms with Gasteiger partial charge in [0.1, 0.15) is 11.9 Å². The average molecular weight is 423 g/mol. The van der Waals surface area contributed by atoms with Gasteiger partial charge in [0, 0.05) is 24.9 Å². The maximum absolute atomic E-state index is 13.2. The molecular formula is C25H34N4O2. The van der Waals surface area contributed by atoms with Crippen LogP contribution in [0.2, 0.25) is 0 Å². The normalized spacial score (nSPS) is 30.5. The topological polar surface area (TPSA) is 78.1 Å². The van der Waals surface area contributed by atoms with Crippen molar-refractivity contribution in [1.82, 2.24) is 20.2 Å². The second-order valence-corrected chi connectivity index (χ2v) is 10.3. The summed E-state index contributed by atoms with van der Waals surface area (Å²) in [6.07, 6.45) is 10.1. The van der Waals surface area contributed by atoms with Gasteiger partial charge in [0.25, 0.3) is 0 Å². The molecule has 1 aromatic carbocycles. The summed E-state index contributed by atoms with van der Waals surface area (Å²) in [5.41, 5.74) is 1.80. The molecule has 6 nitrogen and oxygen atoms in total. The van der Waals surface area contributed by atoms with Crippen LogP contribution in [-0.4, -0.2) is 44.8 Å². The summed E-state index contributed by atoms with van der Waals surface area (Å²) in [4.78, 5) is 35.9. The number of carbonyl (C=O) groups is 2. The number of amides is 2. The number of H-pyrrole nitrogens is 1. The minimum absolute atomic E-state index is 0.0528. The lowest BCUT2D eigenvalue weighted by Crippen LogP contribution is -2.56. The number of imidazole rings is 1. The molecule has 3 aliphatic rings. The summed E-state index contributed by atoms with van der Waals surface area (Å²) in [5.74, 6) is 2.45. The summed E-state index contributed by atoms with van der Waals surface area (Å²) in [5, 5.41) is 3.39. The molecule has 2 heterocycles. The minimum Gasteiger partial charge on any atom is -0.349 e. The van der Waals surface area contributed by atoms with Crippen LogP contribution in [0.15, 0.2) is 24.3 Å². The van der Waals surface area contributed by atoms with Crippen LogP contribution in [0.5, 0.6) is 0 Å². The van der Waals surface area contributed by atoms with Crippen molar-refractivity contribution in [2.75, 3.05) is 6.54 Å². The van der Waals surface area contributed by atoms with Crippen LogP contribution in [0, 0.1) is 11.8 Å². The molecule has 0 spiro atoms. The van der Waals surface area contributed by atoms with Crippen LogP contribution >= 0.6 is 0 Å². The van der Waals surface area contributed by atoms with Crippen LogP contribution in [0.4, 0.5) is 0 Å². The molecule has 2 saturated carbocycles. The third kappa shape index (κ3) is 4.35. The Kier molecular flexibility index (Phi) is 5.49. The number of rotatable bonds is 5. The highest BCUT2D eigenvalue weighted by molar-refractivity contribution is 5.88. The van der Waals surface area contributed by atoms with E-state index in [2.05, 4.69) is 22.2 Å². The van der Waals surface area contributed by atoms with Crippen molar-refractivity contribution in [1.29, 1.82) is 0 Å². The predicted molar refractivity (Wildman–Crippen MR) is 120 cm³/mol. The van der Waals surface area contributed by atoms with Crippen molar-refractivity contribution in [2.24, 2.45) is 11.8 Å². The number of hydrogen-bond donors (Lipinski definition) is 2. The first-order valence-electron chi connectivity index (χ1n) is 12.0. The lowest BCUT2D eigenvalue weighted by atomic mass is 9.65. The maximum atomic E-state index is 13.2. The zero-order chi connectivity index (χ0) is 21.4. The molecule has 6 heteroatoms. The van der Waals surface area contributed by atoms with Crippen molar-refractivity contribution in [3.05, 3.63) is 30.1 Å². The molecule has 1 aliphatic heterocycles. The average Bonchev–Trinajstić information content (AvgIpc) is 3.38. The Morgan fingerprint density at radius 3 is 2.71 bits per heavy atom. The Morgan fingerprint density at radius 2 is 1.94 bits per heavy atom. The largest absolute Gasteiger partial charge is 0.349 e. The van der Waals surface area contributed by atoms with E-state index < -0.39 is 0 Å². The van der Waals surface area contributed by atoms with Gasteiger partial charge in [-0.05, 0) is 63.0 Å². The molecule has 2 N–H and O–H groups in total. The van der Waals surface area contributed by atoms with Crippen molar-refractivity contribution in [3.63, 3.8) is 0 Å². The Morgan fingerprint density at radius 1 is 1.16 bits per heavy atom. The van der Waals surface area contributed by atoms with Gasteiger partial charge in [0.2, 0.25) is 11.8 Å². The van der Waals surface area contributed by atoms with Gasteiger partial charge >= 0.3 is 0 Å². The molecular weight excluding hydrogens is 388 g/mol. The van der Waals surface area contributed by atoms with E-state index >= 15 is 0 Å². The zero-order valence-electron chi connectivity index (χ0n) is 18.5. The highest BCUT2D eigenvalue weighted by atomic mass is 16.2. The standard InChI is InChI=1S/C25H34N4O2/c1-25(15-17-6-4-7-18(14-17)16-25)28-24(31)21-10-5-13-29(21)23(30)12-11-22-26-19-8-2-3-9-20(19)27-22/h2-3,8-9,17-18,21H,4-7,10-16H2,1H3,(H,26,27)(H,28,31)/t17?,18?,21-,25?/m0/s1. The van der Waals surface area contributed by atoms with Crippen molar-refractivity contribution < 1.29 is 9.59 Å². The van der Waals surface area contributed by atoms with Gasteiger partial charge in [0.15, 0.2) is 0 Å². The number of likely N-dealkylation sites (tertiary alicyclic amines) is 1. The number of hydrogen-bond acceptors (Lipinski definition) is 3. The fourth-order valence-corrected chi connectivity index (χ4v) is 6.44. The van der Waals surface area contributed by atoms with Crippen LogP contribution in [0.1, 0.15) is 70.5 Å². The first kappa shape index (κ1) is 20.5. The summed E-state index contributed by atoms with van der Waals surface area (Å²) in [6, 6.07) is 7.59. The lowest BCUT2D eigenvalue weighted by molar-refractivity contribution is -0.139. The number of fused-ring (bicyclic) bond motifs is 3. The quantitative estimate of drug-likeness (QED) is 0.766. The molecule has 31 heavy (non-hydrogen) atoms. The molecule has 3 atom stereocenters. The number of nitrogens with one attached hydrogen (secondary N) is 2. The van der Waals surface area contributed by atoms with Gasteiger partial charge in [-0.2, -0.15) is 0 Å². The number of aromatic nitrogens is 2. The Hall–Kier alpha value is -2.37. The number of benzene rings is 1. The molecule has 5 rings (SSSR count). The van der Waals surface area contributed by atoms with E-state index in [9.17, 15) is 9.59 Å². The summed E-state index contributed by atoms with van der Waals surface area (Å²) in [7, 11) is 0. The fourth-order valence-electron chi connectivity index (χ4n) is 6.44. The van der Waals surface area contributed by atoms with Crippen molar-refractivity contribution in [2.45, 2.75) is 82.7 Å². The molecule has 2 amide bonds. The number of aryl methyl sites for hydroxylation is 1. The van der Waals surface area contributed by atoms with Crippen molar-refractivity contribution >= 4 is 22.8 Å². The molecule has 2 bridgehead atoms. The fraction of sp³-hybridized carbons (Fsp3) is 0.640. The number of nitrogens with zero attached hydrogens (tertiary/aromatic N) is 2. The van der Waals surface area contributed by atoms with Gasteiger partial charge in [-0.25, -0.2) is 4.98 Å². The zero-order valence-corrected chi connectivity index (χ0v) is 18.5. The van der Waals surface area contributed by atoms with Crippen LogP contribution in [0.25, 0.3) is 11.0 Å². The Labute approximate surface area is 184 Å². The minimum atomic E-state index is -0.318. The van der Waals surface area contributed by atoms with E-state index in [0.717, 1.165) is 54.4 Å². The molecule has 1 aromatic heterocycles. The number of para-hydroxylation sites is 2. The monoisotopic (exact) mass is 422 g/mol. The molecule has 2 aliphatic carbocycles. The van der Waals surface area contributed by atoms with Gasteiger partial charge in [-0.15, -0.1) is 0 Å². The highest BCUT2D eigenvalue weighted by Crippen LogP contribution is 2.44. The Bertz CT molecular complexity index is 922. The summed E-state index contributed by atoms with van der Waals surface area (Å²) in [6.45, 7) is 2.90. The van der Waals surface area contributed by atoms with E-state index in [1.807, 2.05) is 29.2 Å². The van der Waals surface area contributed by atoms with Gasteiger partial charge in [-0.3, -0.25) is 9.59 Å². The molecule has 166 valence electrons. The van der Waals surface area contributed by atoms with E-state index in [1.54, 1.807) is 0 Å². The number of carbonyl (C=O) groups excluding carboxylic acids is 2.